The zero-order valence-corrected chi connectivity index (χ0v) is 17.0. The highest BCUT2D eigenvalue weighted by atomic mass is 16.6. The number of β-lactam (4-membered cyclic amide) rings is 1. The summed E-state index contributed by atoms with van der Waals surface area (Å²) in [6, 6.07) is 7.84. The number of piperazine rings is 1. The van der Waals surface area contributed by atoms with Gasteiger partial charge < -0.3 is 19.3 Å². The number of carbonyl (C=O) groups excluding carboxylic acids is 1. The number of carbonyl (C=O) groups is 1. The number of ether oxygens (including phenoxy) is 2. The number of anilines is 2. The molecule has 0 N–H and O–H groups in total. The molecule has 2 saturated heterocycles. The summed E-state index contributed by atoms with van der Waals surface area (Å²) in [5, 5.41) is 4.72. The molecule has 0 spiro atoms. The van der Waals surface area contributed by atoms with E-state index in [9.17, 15) is 4.79 Å². The van der Waals surface area contributed by atoms with Crippen LogP contribution in [0.3, 0.4) is 0 Å². The van der Waals surface area contributed by atoms with Gasteiger partial charge in [-0.1, -0.05) is 12.1 Å². The molecule has 2 fully saturated rings. The Morgan fingerprint density at radius 1 is 1.10 bits per heavy atom. The summed E-state index contributed by atoms with van der Waals surface area (Å²) in [4.78, 5) is 18.6. The van der Waals surface area contributed by atoms with Crippen LogP contribution >= 0.6 is 0 Å². The van der Waals surface area contributed by atoms with Gasteiger partial charge in [-0.15, -0.1) is 0 Å². The monoisotopic (exact) mass is 397 g/mol. The third-order valence-corrected chi connectivity index (χ3v) is 6.11. The fourth-order valence-corrected chi connectivity index (χ4v) is 4.24. The molecule has 3 aliphatic heterocycles. The number of fused-ring (bicyclic) bond motifs is 1. The van der Waals surface area contributed by atoms with Gasteiger partial charge in [-0.05, 0) is 19.1 Å². The van der Waals surface area contributed by atoms with Crippen LogP contribution < -0.4 is 19.3 Å². The van der Waals surface area contributed by atoms with E-state index in [0.717, 1.165) is 68.0 Å². The lowest BCUT2D eigenvalue weighted by Gasteiger charge is -2.39. The second-order valence-electron chi connectivity index (χ2n) is 7.96. The quantitative estimate of drug-likeness (QED) is 0.728. The zero-order valence-electron chi connectivity index (χ0n) is 17.0. The van der Waals surface area contributed by atoms with Gasteiger partial charge in [-0.25, -0.2) is 0 Å². The van der Waals surface area contributed by atoms with Crippen LogP contribution in [0.2, 0.25) is 0 Å². The molecule has 3 aliphatic rings. The van der Waals surface area contributed by atoms with Crippen LogP contribution in [0.25, 0.3) is 0 Å². The van der Waals surface area contributed by atoms with Gasteiger partial charge in [-0.2, -0.15) is 5.10 Å². The average molecular weight is 397 g/mol. The molecule has 0 bridgehead atoms. The number of hydrogen-bond donors (Lipinski definition) is 0. The van der Waals surface area contributed by atoms with Crippen LogP contribution in [0.15, 0.2) is 24.3 Å². The maximum Gasteiger partial charge on any atom is 0.228 e. The molecule has 5 rings (SSSR count). The SMILES string of the molecule is Cc1c(N2CCC2=O)c(N2CCN(C[C@H]3COc4ccccc4O3)CC2)nn1C. The van der Waals surface area contributed by atoms with Gasteiger partial charge in [0.25, 0.3) is 0 Å². The van der Waals surface area contributed by atoms with Crippen LogP contribution in [0.5, 0.6) is 11.5 Å². The zero-order chi connectivity index (χ0) is 20.0. The number of para-hydroxylation sites is 2. The number of nitrogens with zero attached hydrogens (tertiary/aromatic N) is 5. The molecule has 1 amide bonds. The summed E-state index contributed by atoms with van der Waals surface area (Å²) in [6.07, 6.45) is 0.677. The minimum atomic E-state index is 0.0443. The number of aryl methyl sites for hydroxylation is 1. The van der Waals surface area contributed by atoms with Crippen molar-refractivity contribution in [1.29, 1.82) is 0 Å². The number of rotatable bonds is 4. The lowest BCUT2D eigenvalue weighted by Crippen LogP contribution is -2.51. The molecule has 8 heteroatoms. The molecule has 0 unspecified atom stereocenters. The Hall–Kier alpha value is -2.74. The summed E-state index contributed by atoms with van der Waals surface area (Å²) in [6.45, 7) is 7.89. The van der Waals surface area contributed by atoms with Crippen molar-refractivity contribution in [3.05, 3.63) is 30.0 Å². The van der Waals surface area contributed by atoms with Crippen molar-refractivity contribution in [2.24, 2.45) is 7.05 Å². The number of hydrogen-bond acceptors (Lipinski definition) is 6. The Kier molecular flexibility index (Phi) is 4.58. The third kappa shape index (κ3) is 3.31. The van der Waals surface area contributed by atoms with E-state index >= 15 is 0 Å². The van der Waals surface area contributed by atoms with Crippen molar-refractivity contribution in [3.63, 3.8) is 0 Å². The minimum Gasteiger partial charge on any atom is -0.486 e. The minimum absolute atomic E-state index is 0.0443. The summed E-state index contributed by atoms with van der Waals surface area (Å²) >= 11 is 0. The largest absolute Gasteiger partial charge is 0.486 e. The Morgan fingerprint density at radius 2 is 1.86 bits per heavy atom. The lowest BCUT2D eigenvalue weighted by atomic mass is 10.1. The lowest BCUT2D eigenvalue weighted by molar-refractivity contribution is -0.122. The van der Waals surface area contributed by atoms with E-state index in [1.165, 1.54) is 0 Å². The molecule has 0 radical (unpaired) electrons. The fraction of sp³-hybridized carbons (Fsp3) is 0.524. The topological polar surface area (TPSA) is 63.1 Å². The maximum atomic E-state index is 12.0. The molecule has 1 aromatic carbocycles. The molecule has 1 atom stereocenters. The third-order valence-electron chi connectivity index (χ3n) is 6.11. The van der Waals surface area contributed by atoms with Gasteiger partial charge in [0.1, 0.15) is 18.4 Å². The summed E-state index contributed by atoms with van der Waals surface area (Å²) in [5.41, 5.74) is 2.03. The second kappa shape index (κ2) is 7.26. The maximum absolute atomic E-state index is 12.0. The first-order valence-corrected chi connectivity index (χ1v) is 10.3. The van der Waals surface area contributed by atoms with Gasteiger partial charge in [0.2, 0.25) is 5.91 Å². The second-order valence-corrected chi connectivity index (χ2v) is 7.96. The first-order valence-electron chi connectivity index (χ1n) is 10.3. The van der Waals surface area contributed by atoms with Gasteiger partial charge >= 0.3 is 0 Å². The van der Waals surface area contributed by atoms with Crippen molar-refractivity contribution in [2.75, 3.05) is 55.7 Å². The van der Waals surface area contributed by atoms with Crippen molar-refractivity contribution >= 4 is 17.4 Å². The summed E-state index contributed by atoms with van der Waals surface area (Å²) in [7, 11) is 1.95. The van der Waals surface area contributed by atoms with Gasteiger partial charge in [0.15, 0.2) is 17.3 Å². The first kappa shape index (κ1) is 18.3. The molecule has 8 nitrogen and oxygen atoms in total. The number of aromatic nitrogens is 2. The van der Waals surface area contributed by atoms with Crippen molar-refractivity contribution in [2.45, 2.75) is 19.4 Å². The molecular weight excluding hydrogens is 370 g/mol. The molecule has 154 valence electrons. The molecular formula is C21H27N5O3. The smallest absolute Gasteiger partial charge is 0.228 e. The average Bonchev–Trinajstić information content (AvgIpc) is 3.02. The Morgan fingerprint density at radius 3 is 2.55 bits per heavy atom. The van der Waals surface area contributed by atoms with Crippen LogP contribution in [-0.4, -0.2) is 72.6 Å². The fourth-order valence-electron chi connectivity index (χ4n) is 4.24. The Labute approximate surface area is 170 Å². The van der Waals surface area contributed by atoms with Crippen LogP contribution in [0.4, 0.5) is 11.5 Å². The van der Waals surface area contributed by atoms with E-state index in [1.807, 2.05) is 47.8 Å². The highest BCUT2D eigenvalue weighted by molar-refractivity contribution is 6.02. The van der Waals surface area contributed by atoms with Gasteiger partial charge in [0, 0.05) is 52.7 Å². The first-order chi connectivity index (χ1) is 14.1. The highest BCUT2D eigenvalue weighted by Gasteiger charge is 2.34. The van der Waals surface area contributed by atoms with E-state index in [4.69, 9.17) is 14.6 Å². The van der Waals surface area contributed by atoms with Crippen molar-refractivity contribution in [1.82, 2.24) is 14.7 Å². The van der Waals surface area contributed by atoms with Crippen LogP contribution in [-0.2, 0) is 11.8 Å². The predicted octanol–water partition coefficient (Wildman–Crippen LogP) is 1.43. The van der Waals surface area contributed by atoms with Crippen molar-refractivity contribution in [3.8, 4) is 11.5 Å². The summed E-state index contributed by atoms with van der Waals surface area (Å²) < 4.78 is 13.8. The van der Waals surface area contributed by atoms with E-state index in [1.54, 1.807) is 0 Å². The van der Waals surface area contributed by atoms with E-state index < -0.39 is 0 Å². The number of benzene rings is 1. The molecule has 4 heterocycles. The highest BCUT2D eigenvalue weighted by Crippen LogP contribution is 2.36. The normalized spacial score (nSPS) is 22.0. The Balaban J connectivity index is 1.22. The van der Waals surface area contributed by atoms with Crippen LogP contribution in [0, 0.1) is 6.92 Å². The van der Waals surface area contributed by atoms with E-state index in [0.29, 0.717) is 13.0 Å². The molecule has 0 saturated carbocycles. The van der Waals surface area contributed by atoms with Crippen molar-refractivity contribution < 1.29 is 14.3 Å². The summed E-state index contributed by atoms with van der Waals surface area (Å²) in [5.74, 6) is 2.78. The predicted molar refractivity (Wildman–Crippen MR) is 110 cm³/mol. The van der Waals surface area contributed by atoms with E-state index in [-0.39, 0.29) is 12.0 Å². The molecule has 1 aromatic heterocycles. The molecule has 29 heavy (non-hydrogen) atoms. The molecule has 0 aliphatic carbocycles. The van der Waals surface area contributed by atoms with Crippen LogP contribution in [0.1, 0.15) is 12.1 Å². The standard InChI is InChI=1S/C21H27N5O3/c1-15-20(26-8-7-19(26)27)21(22-23(15)2)25-11-9-24(10-12-25)13-16-14-28-17-5-3-4-6-18(17)29-16/h3-6,16H,7-14H2,1-2H3/t16-/m0/s1. The van der Waals surface area contributed by atoms with Gasteiger partial charge in [0.05, 0.1) is 5.69 Å². The molecule has 2 aromatic rings. The number of amides is 1. The van der Waals surface area contributed by atoms with Gasteiger partial charge in [-0.3, -0.25) is 14.4 Å². The van der Waals surface area contributed by atoms with E-state index in [2.05, 4.69) is 9.80 Å². The Bertz CT molecular complexity index is 919.